The van der Waals surface area contributed by atoms with Crippen LogP contribution in [0.2, 0.25) is 5.02 Å². The fourth-order valence-corrected chi connectivity index (χ4v) is 4.07. The maximum atomic E-state index is 13.6. The summed E-state index contributed by atoms with van der Waals surface area (Å²) in [4.78, 5) is 11.8. The first kappa shape index (κ1) is 24.2. The number of thioether (sulfide) groups is 1. The molecule has 9 heteroatoms. The summed E-state index contributed by atoms with van der Waals surface area (Å²) in [6.45, 7) is 5.74. The molecule has 5 nitrogen and oxygen atoms in total. The monoisotopic (exact) mass is 438 g/mol. The van der Waals surface area contributed by atoms with E-state index in [1.165, 1.54) is 17.8 Å². The number of halogens is 2. The number of carbonyl (C=O) groups is 1. The van der Waals surface area contributed by atoms with Crippen molar-refractivity contribution in [2.45, 2.75) is 50.5 Å². The summed E-state index contributed by atoms with van der Waals surface area (Å²) in [6.07, 6.45) is 1.56. The molecule has 0 unspecified atom stereocenters. The Kier molecular flexibility index (Phi) is 10.1. The van der Waals surface area contributed by atoms with Crippen molar-refractivity contribution in [2.75, 3.05) is 18.8 Å². The van der Waals surface area contributed by atoms with Gasteiger partial charge >= 0.3 is 0 Å². The van der Waals surface area contributed by atoms with Crippen LogP contribution in [0.5, 0.6) is 0 Å². The Labute approximate surface area is 170 Å². The van der Waals surface area contributed by atoms with E-state index in [0.717, 1.165) is 0 Å². The first-order valence-electron chi connectivity index (χ1n) is 8.81. The lowest BCUT2D eigenvalue weighted by atomic mass is 10.2. The van der Waals surface area contributed by atoms with E-state index in [-0.39, 0.29) is 11.7 Å². The van der Waals surface area contributed by atoms with Crippen LogP contribution in [0.4, 0.5) is 4.39 Å². The van der Waals surface area contributed by atoms with E-state index in [4.69, 9.17) is 11.6 Å². The van der Waals surface area contributed by atoms with Crippen LogP contribution in [0.3, 0.4) is 0 Å². The highest BCUT2D eigenvalue weighted by Crippen LogP contribution is 2.23. The minimum Gasteiger partial charge on any atom is -0.355 e. The van der Waals surface area contributed by atoms with Crippen LogP contribution in [0.15, 0.2) is 18.2 Å². The maximum Gasteiger partial charge on any atom is 0.220 e. The van der Waals surface area contributed by atoms with E-state index in [1.807, 2.05) is 0 Å². The van der Waals surface area contributed by atoms with E-state index >= 15 is 0 Å². The molecule has 0 heterocycles. The average molecular weight is 439 g/mol. The van der Waals surface area contributed by atoms with Crippen LogP contribution in [0.25, 0.3) is 0 Å². The summed E-state index contributed by atoms with van der Waals surface area (Å²) < 4.78 is 39.1. The fraction of sp³-hybridized carbons (Fsp3) is 0.611. The van der Waals surface area contributed by atoms with Crippen molar-refractivity contribution in [2.24, 2.45) is 0 Å². The molecule has 0 aliphatic carbocycles. The molecule has 0 saturated carbocycles. The Morgan fingerprint density at radius 1 is 1.22 bits per heavy atom. The molecule has 154 valence electrons. The van der Waals surface area contributed by atoms with E-state index in [0.29, 0.717) is 54.4 Å². The van der Waals surface area contributed by atoms with Gasteiger partial charge in [-0.2, -0.15) is 11.8 Å². The molecule has 0 bridgehead atoms. The normalized spacial score (nSPS) is 12.2. The van der Waals surface area contributed by atoms with Crippen LogP contribution < -0.4 is 10.0 Å². The van der Waals surface area contributed by atoms with Gasteiger partial charge in [0.15, 0.2) is 0 Å². The van der Waals surface area contributed by atoms with Gasteiger partial charge in [-0.25, -0.2) is 17.5 Å². The molecule has 0 aliphatic heterocycles. The van der Waals surface area contributed by atoms with Gasteiger partial charge in [-0.3, -0.25) is 4.79 Å². The Hall–Kier alpha value is -0.830. The third-order valence-corrected chi connectivity index (χ3v) is 7.34. The number of sulfonamides is 1. The van der Waals surface area contributed by atoms with Gasteiger partial charge in [0.05, 0.1) is 4.75 Å². The summed E-state index contributed by atoms with van der Waals surface area (Å²) in [5.41, 5.74) is 0.480. The lowest BCUT2D eigenvalue weighted by Gasteiger charge is -2.19. The lowest BCUT2D eigenvalue weighted by molar-refractivity contribution is -0.121. The van der Waals surface area contributed by atoms with Crippen LogP contribution in [-0.2, 0) is 20.6 Å². The molecule has 2 N–H and O–H groups in total. The Morgan fingerprint density at radius 2 is 1.93 bits per heavy atom. The minimum absolute atomic E-state index is 0.0711. The van der Waals surface area contributed by atoms with E-state index < -0.39 is 14.8 Å². The van der Waals surface area contributed by atoms with Gasteiger partial charge in [0.25, 0.3) is 0 Å². The van der Waals surface area contributed by atoms with Gasteiger partial charge in [0.2, 0.25) is 15.9 Å². The van der Waals surface area contributed by atoms with Crippen LogP contribution >= 0.6 is 23.4 Å². The standard InChI is InChI=1S/C18H28ClFN2O3S2/c1-18(2,3)27(24,25)22-10-5-4-9-17(23)21-11-12-26-13-14-15(19)7-6-8-16(14)20/h6-8,22H,4-5,9-13H2,1-3H3,(H,21,23). The third kappa shape index (κ3) is 8.81. The highest BCUT2D eigenvalue weighted by molar-refractivity contribution is 7.98. The Bertz CT molecular complexity index is 702. The predicted octanol–water partition coefficient (Wildman–Crippen LogP) is 3.72. The second kappa shape index (κ2) is 11.2. The summed E-state index contributed by atoms with van der Waals surface area (Å²) in [6, 6.07) is 4.61. The molecule has 1 aromatic rings. The molecule has 1 rings (SSSR count). The zero-order chi connectivity index (χ0) is 20.5. The lowest BCUT2D eigenvalue weighted by Crippen LogP contribution is -2.39. The van der Waals surface area contributed by atoms with E-state index in [9.17, 15) is 17.6 Å². The molecule has 1 aromatic carbocycles. The molecular weight excluding hydrogens is 411 g/mol. The van der Waals surface area contributed by atoms with Crippen molar-refractivity contribution in [1.29, 1.82) is 0 Å². The molecule has 1 amide bonds. The van der Waals surface area contributed by atoms with Crippen molar-refractivity contribution in [3.63, 3.8) is 0 Å². The fourth-order valence-electron chi connectivity index (χ4n) is 2.03. The number of hydrogen-bond donors (Lipinski definition) is 2. The molecule has 0 aliphatic rings. The highest BCUT2D eigenvalue weighted by atomic mass is 35.5. The number of amides is 1. The maximum absolute atomic E-state index is 13.6. The van der Waals surface area contributed by atoms with Crippen LogP contribution in [-0.4, -0.2) is 37.9 Å². The Morgan fingerprint density at radius 3 is 2.56 bits per heavy atom. The molecule has 0 atom stereocenters. The van der Waals surface area contributed by atoms with Gasteiger partial charge in [0.1, 0.15) is 5.82 Å². The molecule has 0 saturated heterocycles. The number of rotatable bonds is 11. The first-order valence-corrected chi connectivity index (χ1v) is 11.8. The van der Waals surface area contributed by atoms with E-state index in [2.05, 4.69) is 10.0 Å². The summed E-state index contributed by atoms with van der Waals surface area (Å²) in [5, 5.41) is 3.22. The highest BCUT2D eigenvalue weighted by Gasteiger charge is 2.27. The smallest absolute Gasteiger partial charge is 0.220 e. The van der Waals surface area contributed by atoms with Crippen LogP contribution in [0.1, 0.15) is 45.6 Å². The van der Waals surface area contributed by atoms with Gasteiger partial charge in [-0.1, -0.05) is 17.7 Å². The topological polar surface area (TPSA) is 75.3 Å². The molecule has 0 aromatic heterocycles. The number of hydrogen-bond acceptors (Lipinski definition) is 4. The second-order valence-electron chi connectivity index (χ2n) is 7.07. The largest absolute Gasteiger partial charge is 0.355 e. The van der Waals surface area contributed by atoms with Crippen molar-refractivity contribution in [1.82, 2.24) is 10.0 Å². The van der Waals surface area contributed by atoms with Crippen molar-refractivity contribution in [3.8, 4) is 0 Å². The first-order chi connectivity index (χ1) is 12.5. The molecule has 27 heavy (non-hydrogen) atoms. The quantitative estimate of drug-likeness (QED) is 0.516. The van der Waals surface area contributed by atoms with Gasteiger partial charge in [-0.15, -0.1) is 0 Å². The zero-order valence-electron chi connectivity index (χ0n) is 16.0. The summed E-state index contributed by atoms with van der Waals surface area (Å²) in [5.74, 6) is 0.719. The Balaban J connectivity index is 2.11. The minimum atomic E-state index is -3.34. The van der Waals surface area contributed by atoms with Crippen LogP contribution in [0, 0.1) is 5.82 Å². The second-order valence-corrected chi connectivity index (χ2v) is 11.1. The summed E-state index contributed by atoms with van der Waals surface area (Å²) in [7, 11) is -3.34. The zero-order valence-corrected chi connectivity index (χ0v) is 18.4. The van der Waals surface area contributed by atoms with Gasteiger partial charge < -0.3 is 5.32 Å². The van der Waals surface area contributed by atoms with Crippen molar-refractivity contribution < 1.29 is 17.6 Å². The van der Waals surface area contributed by atoms with Gasteiger partial charge in [-0.05, 0) is 45.7 Å². The number of carbonyl (C=O) groups excluding carboxylic acids is 1. The van der Waals surface area contributed by atoms with Crippen molar-refractivity contribution >= 4 is 39.3 Å². The van der Waals surface area contributed by atoms with Gasteiger partial charge in [0, 0.05) is 41.6 Å². The third-order valence-electron chi connectivity index (χ3n) is 3.81. The number of unbranched alkanes of at least 4 members (excludes halogenated alkanes) is 1. The van der Waals surface area contributed by atoms with E-state index in [1.54, 1.807) is 32.9 Å². The molecule has 0 fully saturated rings. The summed E-state index contributed by atoms with van der Waals surface area (Å²) >= 11 is 7.46. The van der Waals surface area contributed by atoms with Crippen molar-refractivity contribution in [3.05, 3.63) is 34.6 Å². The number of nitrogens with one attached hydrogen (secondary N) is 2. The number of benzene rings is 1. The average Bonchev–Trinajstić information content (AvgIpc) is 2.55. The predicted molar refractivity (Wildman–Crippen MR) is 111 cm³/mol. The molecule has 0 radical (unpaired) electrons. The SMILES string of the molecule is CC(C)(C)S(=O)(=O)NCCCCC(=O)NCCSCc1c(F)cccc1Cl. The molecule has 0 spiro atoms. The molecular formula is C18H28ClFN2O3S2.